The van der Waals surface area contributed by atoms with Gasteiger partial charge in [0.1, 0.15) is 12.8 Å². The molecular weight excluding hydrogens is 241 g/mol. The van der Waals surface area contributed by atoms with E-state index in [-0.39, 0.29) is 13.2 Å². The molecular formula is C12H12FNO4. The van der Waals surface area contributed by atoms with Crippen molar-refractivity contribution in [2.75, 3.05) is 6.54 Å². The average Bonchev–Trinajstić information content (AvgIpc) is 2.33. The van der Waals surface area contributed by atoms with Crippen LogP contribution in [0.25, 0.3) is 0 Å². The number of carbonyl (C=O) groups is 2. The Labute approximate surface area is 103 Å². The van der Waals surface area contributed by atoms with E-state index in [9.17, 15) is 14.0 Å². The van der Waals surface area contributed by atoms with Crippen LogP contribution in [0.1, 0.15) is 5.56 Å². The minimum Gasteiger partial charge on any atom is -0.480 e. The summed E-state index contributed by atoms with van der Waals surface area (Å²) in [6, 6.07) is 7.55. The summed E-state index contributed by atoms with van der Waals surface area (Å²) < 4.78 is 17.9. The number of nitrogens with zero attached hydrogens (tertiary/aromatic N) is 1. The molecule has 1 heterocycles. The lowest BCUT2D eigenvalue weighted by molar-refractivity contribution is -0.152. The number of benzene rings is 1. The van der Waals surface area contributed by atoms with Gasteiger partial charge in [-0.1, -0.05) is 30.3 Å². The maximum absolute atomic E-state index is 13.0. The van der Waals surface area contributed by atoms with Crippen molar-refractivity contribution in [2.45, 2.75) is 18.8 Å². The van der Waals surface area contributed by atoms with Gasteiger partial charge in [0, 0.05) is 0 Å². The maximum atomic E-state index is 13.0. The van der Waals surface area contributed by atoms with Crippen molar-refractivity contribution in [3.63, 3.8) is 0 Å². The molecule has 1 fully saturated rings. The molecule has 1 saturated heterocycles. The first kappa shape index (κ1) is 12.3. The SMILES string of the molecule is O=C(O)C1C(F)CN1C(=O)OCc1ccccc1. The van der Waals surface area contributed by atoms with Crippen LogP contribution in [0.5, 0.6) is 0 Å². The smallest absolute Gasteiger partial charge is 0.411 e. The molecule has 2 rings (SSSR count). The number of hydrogen-bond acceptors (Lipinski definition) is 3. The highest BCUT2D eigenvalue weighted by Crippen LogP contribution is 2.22. The van der Waals surface area contributed by atoms with Gasteiger partial charge in [-0.05, 0) is 5.56 Å². The topological polar surface area (TPSA) is 66.8 Å². The molecule has 0 aliphatic carbocycles. The van der Waals surface area contributed by atoms with Gasteiger partial charge in [-0.3, -0.25) is 4.90 Å². The van der Waals surface area contributed by atoms with Crippen molar-refractivity contribution in [3.8, 4) is 0 Å². The minimum absolute atomic E-state index is 0.0411. The predicted molar refractivity (Wildman–Crippen MR) is 59.7 cm³/mol. The Morgan fingerprint density at radius 2 is 2.06 bits per heavy atom. The summed E-state index contributed by atoms with van der Waals surface area (Å²) in [4.78, 5) is 23.1. The number of likely N-dealkylation sites (tertiary alicyclic amines) is 1. The number of aliphatic carboxylic acids is 1. The fraction of sp³-hybridized carbons (Fsp3) is 0.333. The van der Waals surface area contributed by atoms with E-state index in [1.54, 1.807) is 24.3 Å². The second kappa shape index (κ2) is 5.03. The monoisotopic (exact) mass is 253 g/mol. The minimum atomic E-state index is -1.52. The van der Waals surface area contributed by atoms with Crippen molar-refractivity contribution in [1.82, 2.24) is 4.90 Å². The quantitative estimate of drug-likeness (QED) is 0.884. The number of carbonyl (C=O) groups excluding carboxylic acids is 1. The van der Waals surface area contributed by atoms with Crippen LogP contribution in [0.15, 0.2) is 30.3 Å². The second-order valence-electron chi connectivity index (χ2n) is 3.99. The summed E-state index contributed by atoms with van der Waals surface area (Å²) in [6.07, 6.45) is -2.33. The number of carboxylic acid groups (broad SMARTS) is 1. The van der Waals surface area contributed by atoms with Crippen LogP contribution in [-0.4, -0.2) is 40.8 Å². The van der Waals surface area contributed by atoms with Gasteiger partial charge in [-0.25, -0.2) is 14.0 Å². The van der Waals surface area contributed by atoms with Gasteiger partial charge in [0.05, 0.1) is 6.54 Å². The first-order valence-corrected chi connectivity index (χ1v) is 5.44. The van der Waals surface area contributed by atoms with Crippen LogP contribution in [0, 0.1) is 0 Å². The number of rotatable bonds is 3. The van der Waals surface area contributed by atoms with E-state index in [0.717, 1.165) is 10.5 Å². The molecule has 1 N–H and O–H groups in total. The highest BCUT2D eigenvalue weighted by atomic mass is 19.1. The van der Waals surface area contributed by atoms with Gasteiger partial charge >= 0.3 is 12.1 Å². The van der Waals surface area contributed by atoms with E-state index >= 15 is 0 Å². The molecule has 5 nitrogen and oxygen atoms in total. The van der Waals surface area contributed by atoms with Crippen LogP contribution in [0.4, 0.5) is 9.18 Å². The van der Waals surface area contributed by atoms with Gasteiger partial charge in [0.25, 0.3) is 0 Å². The van der Waals surface area contributed by atoms with Crippen molar-refractivity contribution in [3.05, 3.63) is 35.9 Å². The normalized spacial score (nSPS) is 22.2. The summed E-state index contributed by atoms with van der Waals surface area (Å²) in [5, 5.41) is 8.72. The van der Waals surface area contributed by atoms with Gasteiger partial charge in [0.15, 0.2) is 6.04 Å². The van der Waals surface area contributed by atoms with E-state index in [0.29, 0.717) is 0 Å². The Kier molecular flexibility index (Phi) is 3.45. The molecule has 6 heteroatoms. The van der Waals surface area contributed by atoms with E-state index in [2.05, 4.69) is 0 Å². The number of alkyl halides is 1. The Morgan fingerprint density at radius 3 is 2.61 bits per heavy atom. The highest BCUT2D eigenvalue weighted by molar-refractivity contribution is 5.83. The van der Waals surface area contributed by atoms with E-state index < -0.39 is 24.3 Å². The Balaban J connectivity index is 1.88. The van der Waals surface area contributed by atoms with Crippen molar-refractivity contribution < 1.29 is 23.8 Å². The van der Waals surface area contributed by atoms with Crippen LogP contribution < -0.4 is 0 Å². The summed E-state index contributed by atoms with van der Waals surface area (Å²) in [7, 11) is 0. The molecule has 1 amide bonds. The zero-order valence-electron chi connectivity index (χ0n) is 9.45. The van der Waals surface area contributed by atoms with Crippen LogP contribution in [0.2, 0.25) is 0 Å². The fourth-order valence-corrected chi connectivity index (χ4v) is 1.74. The van der Waals surface area contributed by atoms with Crippen molar-refractivity contribution >= 4 is 12.1 Å². The third-order valence-electron chi connectivity index (χ3n) is 2.74. The van der Waals surface area contributed by atoms with Crippen LogP contribution in [-0.2, 0) is 16.1 Å². The van der Waals surface area contributed by atoms with Crippen LogP contribution >= 0.6 is 0 Å². The Bertz CT molecular complexity index is 451. The van der Waals surface area contributed by atoms with Crippen molar-refractivity contribution in [1.29, 1.82) is 0 Å². The molecule has 2 unspecified atom stereocenters. The summed E-state index contributed by atoms with van der Waals surface area (Å²) in [5.74, 6) is -1.36. The molecule has 0 radical (unpaired) electrons. The van der Waals surface area contributed by atoms with Gasteiger partial charge < -0.3 is 9.84 Å². The molecule has 1 aliphatic heterocycles. The molecule has 0 bridgehead atoms. The molecule has 0 saturated carbocycles. The van der Waals surface area contributed by atoms with Crippen LogP contribution in [0.3, 0.4) is 0 Å². The van der Waals surface area contributed by atoms with E-state index in [1.807, 2.05) is 6.07 Å². The summed E-state index contributed by atoms with van der Waals surface area (Å²) in [5.41, 5.74) is 0.787. The van der Waals surface area contributed by atoms with Crippen molar-refractivity contribution in [2.24, 2.45) is 0 Å². The molecule has 96 valence electrons. The Morgan fingerprint density at radius 1 is 1.39 bits per heavy atom. The first-order chi connectivity index (χ1) is 8.59. The molecule has 0 aromatic heterocycles. The highest BCUT2D eigenvalue weighted by Gasteiger charge is 2.48. The number of amides is 1. The average molecular weight is 253 g/mol. The largest absolute Gasteiger partial charge is 0.480 e. The third-order valence-corrected chi connectivity index (χ3v) is 2.74. The molecule has 1 aliphatic rings. The number of halogens is 1. The Hall–Kier alpha value is -2.11. The molecule has 1 aromatic rings. The zero-order chi connectivity index (χ0) is 13.1. The lowest BCUT2D eigenvalue weighted by Crippen LogP contribution is -2.63. The lowest BCUT2D eigenvalue weighted by atomic mass is 10.0. The number of ether oxygens (including phenoxy) is 1. The fourth-order valence-electron chi connectivity index (χ4n) is 1.74. The molecule has 1 aromatic carbocycles. The molecule has 0 spiro atoms. The second-order valence-corrected chi connectivity index (χ2v) is 3.99. The lowest BCUT2D eigenvalue weighted by Gasteiger charge is -2.39. The summed E-state index contributed by atoms with van der Waals surface area (Å²) >= 11 is 0. The zero-order valence-corrected chi connectivity index (χ0v) is 9.45. The predicted octanol–water partition coefficient (Wildman–Crippen LogP) is 1.43. The molecule has 18 heavy (non-hydrogen) atoms. The number of hydrogen-bond donors (Lipinski definition) is 1. The standard InChI is InChI=1S/C12H12FNO4/c13-9-6-14(10(9)11(15)16)12(17)18-7-8-4-2-1-3-5-8/h1-5,9-10H,6-7H2,(H,15,16). The maximum Gasteiger partial charge on any atom is 0.411 e. The van der Waals surface area contributed by atoms with E-state index in [4.69, 9.17) is 9.84 Å². The molecule has 2 atom stereocenters. The van der Waals surface area contributed by atoms with Gasteiger partial charge in [0.2, 0.25) is 0 Å². The number of carboxylic acids is 1. The van der Waals surface area contributed by atoms with E-state index in [1.165, 1.54) is 0 Å². The third kappa shape index (κ3) is 2.42. The van der Waals surface area contributed by atoms with Gasteiger partial charge in [-0.2, -0.15) is 0 Å². The first-order valence-electron chi connectivity index (χ1n) is 5.44. The summed E-state index contributed by atoms with van der Waals surface area (Å²) in [6.45, 7) is -0.190. The van der Waals surface area contributed by atoms with Gasteiger partial charge in [-0.15, -0.1) is 0 Å².